The van der Waals surface area contributed by atoms with Gasteiger partial charge >= 0.3 is 0 Å². The van der Waals surface area contributed by atoms with Crippen molar-refractivity contribution in [3.63, 3.8) is 0 Å². The number of nitrogens with two attached hydrogens (primary N) is 1. The van der Waals surface area contributed by atoms with Crippen LogP contribution in [0.2, 0.25) is 0 Å². The molecule has 0 amide bonds. The lowest BCUT2D eigenvalue weighted by Gasteiger charge is -2.45. The van der Waals surface area contributed by atoms with Gasteiger partial charge in [-0.3, -0.25) is 0 Å². The lowest BCUT2D eigenvalue weighted by atomic mass is 9.89. The van der Waals surface area contributed by atoms with Crippen LogP contribution >= 0.6 is 0 Å². The molecule has 5 atom stereocenters. The molecule has 8 nitrogen and oxygen atoms in total. The van der Waals surface area contributed by atoms with E-state index < -0.39 is 36.8 Å². The van der Waals surface area contributed by atoms with E-state index in [4.69, 9.17) is 19.9 Å². The zero-order valence-electron chi connectivity index (χ0n) is 17.1. The molecule has 0 radical (unpaired) electrons. The maximum absolute atomic E-state index is 10.4. The Morgan fingerprint density at radius 2 is 1.70 bits per heavy atom. The van der Waals surface area contributed by atoms with Crippen LogP contribution in [0, 0.1) is 0 Å². The summed E-state index contributed by atoms with van der Waals surface area (Å²) in [5, 5.41) is 40.3. The summed E-state index contributed by atoms with van der Waals surface area (Å²) in [6.45, 7) is 1.24. The van der Waals surface area contributed by atoms with Crippen LogP contribution in [0.3, 0.4) is 0 Å². The van der Waals surface area contributed by atoms with Gasteiger partial charge in [-0.1, -0.05) is 24.3 Å². The molecule has 1 fully saturated rings. The number of aliphatic hydroxyl groups is 4. The number of rotatable bonds is 7. The fourth-order valence-corrected chi connectivity index (χ4v) is 3.44. The molecule has 1 heterocycles. The SMILES string of the molecule is COc1ccc(Cc2cc(CN)ccc2O[C@@H]2O[C@](C)(CO)[C@@H](O)[C@H](O)[C@H]2O)cc1. The first kappa shape index (κ1) is 22.5. The standard InChI is InChI=1S/C22H29NO7/c1-22(12-24)20(27)18(25)19(26)21(30-22)29-17-8-5-14(11-23)10-15(17)9-13-3-6-16(28-2)7-4-13/h3-8,10,18-21,24-27H,9,11-12,23H2,1-2H3/t18-,19-,20+,21-,22-/m1/s1. The number of hydrogen-bond donors (Lipinski definition) is 5. The molecule has 2 aromatic rings. The quantitative estimate of drug-likeness (QED) is 0.433. The Kier molecular flexibility index (Phi) is 6.97. The molecule has 8 heteroatoms. The van der Waals surface area contributed by atoms with Gasteiger partial charge in [0.25, 0.3) is 0 Å². The Balaban J connectivity index is 1.87. The number of ether oxygens (including phenoxy) is 3. The van der Waals surface area contributed by atoms with Crippen molar-refractivity contribution in [1.29, 1.82) is 0 Å². The second kappa shape index (κ2) is 9.30. The van der Waals surface area contributed by atoms with Gasteiger partial charge in [-0.05, 0) is 41.8 Å². The third kappa shape index (κ3) is 4.59. The number of aliphatic hydroxyl groups excluding tert-OH is 4. The molecule has 1 aliphatic heterocycles. The second-order valence-corrected chi connectivity index (χ2v) is 7.67. The van der Waals surface area contributed by atoms with Gasteiger partial charge in [0.05, 0.1) is 13.7 Å². The van der Waals surface area contributed by atoms with Crippen LogP contribution in [-0.4, -0.2) is 64.3 Å². The highest BCUT2D eigenvalue weighted by molar-refractivity contribution is 5.41. The largest absolute Gasteiger partial charge is 0.497 e. The molecule has 3 rings (SSSR count). The van der Waals surface area contributed by atoms with E-state index in [1.54, 1.807) is 19.2 Å². The Morgan fingerprint density at radius 3 is 2.30 bits per heavy atom. The van der Waals surface area contributed by atoms with E-state index >= 15 is 0 Å². The van der Waals surface area contributed by atoms with E-state index in [0.717, 1.165) is 22.4 Å². The molecule has 0 saturated carbocycles. The zero-order chi connectivity index (χ0) is 21.9. The van der Waals surface area contributed by atoms with E-state index in [-0.39, 0.29) is 0 Å². The van der Waals surface area contributed by atoms with Crippen molar-refractivity contribution in [3.8, 4) is 11.5 Å². The third-order valence-electron chi connectivity index (χ3n) is 5.43. The van der Waals surface area contributed by atoms with Gasteiger partial charge in [0, 0.05) is 13.0 Å². The predicted molar refractivity (Wildman–Crippen MR) is 109 cm³/mol. The summed E-state index contributed by atoms with van der Waals surface area (Å²) in [6.07, 6.45) is -5.25. The third-order valence-corrected chi connectivity index (χ3v) is 5.43. The van der Waals surface area contributed by atoms with Crippen LogP contribution in [0.25, 0.3) is 0 Å². The molecule has 0 bridgehead atoms. The lowest BCUT2D eigenvalue weighted by Crippen LogP contribution is -2.65. The van der Waals surface area contributed by atoms with Crippen LogP contribution in [0.4, 0.5) is 0 Å². The number of hydrogen-bond acceptors (Lipinski definition) is 8. The maximum Gasteiger partial charge on any atom is 0.229 e. The van der Waals surface area contributed by atoms with Gasteiger partial charge in [0.1, 0.15) is 35.4 Å². The molecule has 1 aliphatic rings. The molecule has 0 spiro atoms. The fraction of sp³-hybridized carbons (Fsp3) is 0.455. The topological polar surface area (TPSA) is 135 Å². The lowest BCUT2D eigenvalue weighted by molar-refractivity contribution is -0.313. The highest BCUT2D eigenvalue weighted by atomic mass is 16.7. The minimum Gasteiger partial charge on any atom is -0.497 e. The van der Waals surface area contributed by atoms with E-state index in [9.17, 15) is 20.4 Å². The van der Waals surface area contributed by atoms with Gasteiger partial charge in [0.2, 0.25) is 6.29 Å². The van der Waals surface area contributed by atoms with Crippen LogP contribution in [0.15, 0.2) is 42.5 Å². The minimum atomic E-state index is -1.53. The van der Waals surface area contributed by atoms with Crippen molar-refractivity contribution in [2.24, 2.45) is 5.73 Å². The first-order valence-corrected chi connectivity index (χ1v) is 9.75. The molecule has 6 N–H and O–H groups in total. The van der Waals surface area contributed by atoms with Gasteiger partial charge in [-0.15, -0.1) is 0 Å². The summed E-state index contributed by atoms with van der Waals surface area (Å²) in [5.41, 5.74) is 7.04. The summed E-state index contributed by atoms with van der Waals surface area (Å²) in [4.78, 5) is 0. The average Bonchev–Trinajstić information content (AvgIpc) is 2.77. The van der Waals surface area contributed by atoms with Crippen LogP contribution in [0.5, 0.6) is 11.5 Å². The summed E-state index contributed by atoms with van der Waals surface area (Å²) in [6, 6.07) is 13.0. The molecular weight excluding hydrogens is 390 g/mol. The second-order valence-electron chi connectivity index (χ2n) is 7.67. The highest BCUT2D eigenvalue weighted by Crippen LogP contribution is 2.33. The van der Waals surface area contributed by atoms with Crippen molar-refractivity contribution in [2.45, 2.75) is 50.1 Å². The van der Waals surface area contributed by atoms with Crippen molar-refractivity contribution in [1.82, 2.24) is 0 Å². The van der Waals surface area contributed by atoms with Crippen molar-refractivity contribution in [3.05, 3.63) is 59.2 Å². The first-order valence-electron chi connectivity index (χ1n) is 9.75. The molecule has 0 aromatic heterocycles. The smallest absolute Gasteiger partial charge is 0.229 e. The first-order chi connectivity index (χ1) is 14.3. The Labute approximate surface area is 175 Å². The molecule has 164 valence electrons. The predicted octanol–water partition coefficient (Wildman–Crippen LogP) is 0.313. The van der Waals surface area contributed by atoms with E-state index in [1.165, 1.54) is 6.92 Å². The fourth-order valence-electron chi connectivity index (χ4n) is 3.44. The molecule has 0 aliphatic carbocycles. The molecule has 2 aromatic carbocycles. The molecule has 0 unspecified atom stereocenters. The van der Waals surface area contributed by atoms with Gasteiger partial charge < -0.3 is 40.4 Å². The Bertz CT molecular complexity index is 844. The normalized spacial score (nSPS) is 28.9. The van der Waals surface area contributed by atoms with Crippen LogP contribution in [0.1, 0.15) is 23.6 Å². The summed E-state index contributed by atoms with van der Waals surface area (Å²) in [7, 11) is 1.60. The van der Waals surface area contributed by atoms with Crippen molar-refractivity contribution in [2.75, 3.05) is 13.7 Å². The van der Waals surface area contributed by atoms with Crippen LogP contribution in [-0.2, 0) is 17.7 Å². The van der Waals surface area contributed by atoms with E-state index in [2.05, 4.69) is 0 Å². The summed E-state index contributed by atoms with van der Waals surface area (Å²) in [5.74, 6) is 1.19. The maximum atomic E-state index is 10.4. The monoisotopic (exact) mass is 419 g/mol. The Morgan fingerprint density at radius 1 is 1.03 bits per heavy atom. The highest BCUT2D eigenvalue weighted by Gasteiger charge is 2.51. The molecular formula is C22H29NO7. The average molecular weight is 419 g/mol. The molecule has 30 heavy (non-hydrogen) atoms. The number of benzene rings is 2. The van der Waals surface area contributed by atoms with E-state index in [0.29, 0.717) is 18.7 Å². The van der Waals surface area contributed by atoms with Crippen LogP contribution < -0.4 is 15.2 Å². The number of methoxy groups -OCH3 is 1. The Hall–Kier alpha value is -2.20. The summed E-state index contributed by atoms with van der Waals surface area (Å²) < 4.78 is 16.7. The van der Waals surface area contributed by atoms with Crippen molar-refractivity contribution < 1.29 is 34.6 Å². The van der Waals surface area contributed by atoms with Gasteiger partial charge in [-0.2, -0.15) is 0 Å². The van der Waals surface area contributed by atoms with E-state index in [1.807, 2.05) is 30.3 Å². The zero-order valence-corrected chi connectivity index (χ0v) is 17.1. The van der Waals surface area contributed by atoms with Gasteiger partial charge in [0.15, 0.2) is 0 Å². The van der Waals surface area contributed by atoms with Crippen molar-refractivity contribution >= 4 is 0 Å². The minimum absolute atomic E-state index is 0.353. The van der Waals surface area contributed by atoms with Gasteiger partial charge in [-0.25, -0.2) is 0 Å². The summed E-state index contributed by atoms with van der Waals surface area (Å²) >= 11 is 0. The molecule has 1 saturated heterocycles.